The number of carbonyl (C=O) groups excluding carboxylic acids is 2. The van der Waals surface area contributed by atoms with Crippen LogP contribution < -0.4 is 10.1 Å². The van der Waals surface area contributed by atoms with Gasteiger partial charge in [-0.15, -0.1) is 10.2 Å². The molecule has 1 aromatic heterocycles. The van der Waals surface area contributed by atoms with Gasteiger partial charge in [0.05, 0.1) is 12.0 Å². The number of nitrogens with one attached hydrogen (secondary N) is 1. The predicted molar refractivity (Wildman–Crippen MR) is 111 cm³/mol. The molecule has 0 bridgehead atoms. The first-order valence-corrected chi connectivity index (χ1v) is 10.1. The molecule has 2 aromatic rings. The lowest BCUT2D eigenvalue weighted by atomic mass is 10.2. The van der Waals surface area contributed by atoms with Gasteiger partial charge in [0.15, 0.2) is 0 Å². The summed E-state index contributed by atoms with van der Waals surface area (Å²) in [5, 5.41) is 11.7. The van der Waals surface area contributed by atoms with Gasteiger partial charge in [0.1, 0.15) is 21.6 Å². The van der Waals surface area contributed by atoms with Gasteiger partial charge in [-0.2, -0.15) is 0 Å². The van der Waals surface area contributed by atoms with E-state index in [-0.39, 0.29) is 18.4 Å². The van der Waals surface area contributed by atoms with Crippen LogP contribution in [0, 0.1) is 0 Å². The molecule has 2 amide bonds. The summed E-state index contributed by atoms with van der Waals surface area (Å²) < 4.78 is 5.47. The number of methoxy groups -OCH3 is 1. The van der Waals surface area contributed by atoms with Crippen LogP contribution >= 0.6 is 35.3 Å². The molecular weight excluding hydrogens is 404 g/mol. The third-order valence-electron chi connectivity index (χ3n) is 3.60. The Hall–Kier alpha value is -2.30. The monoisotopic (exact) mass is 420 g/mol. The second-order valence-electron chi connectivity index (χ2n) is 5.44. The molecule has 2 heterocycles. The lowest BCUT2D eigenvalue weighted by molar-refractivity contribution is -0.126. The quantitative estimate of drug-likeness (QED) is 0.568. The van der Waals surface area contributed by atoms with Crippen molar-refractivity contribution in [3.63, 3.8) is 0 Å². The maximum absolute atomic E-state index is 12.6. The third-order valence-corrected chi connectivity index (χ3v) is 5.97. The fourth-order valence-electron chi connectivity index (χ4n) is 2.24. The molecule has 0 radical (unpaired) electrons. The molecule has 140 valence electrons. The molecule has 7 nitrogen and oxygen atoms in total. The highest BCUT2D eigenvalue weighted by molar-refractivity contribution is 8.26. The number of rotatable bonds is 6. The van der Waals surface area contributed by atoms with Gasteiger partial charge in [-0.1, -0.05) is 54.4 Å². The molecule has 0 atom stereocenters. The largest absolute Gasteiger partial charge is 0.497 e. The maximum atomic E-state index is 12.6. The van der Waals surface area contributed by atoms with Gasteiger partial charge in [0, 0.05) is 0 Å². The summed E-state index contributed by atoms with van der Waals surface area (Å²) in [4.78, 5) is 26.6. The van der Waals surface area contributed by atoms with Crippen LogP contribution in [0.5, 0.6) is 5.75 Å². The van der Waals surface area contributed by atoms with Crippen LogP contribution in [0.1, 0.15) is 17.5 Å². The first kappa shape index (κ1) is 19.5. The van der Waals surface area contributed by atoms with E-state index < -0.39 is 0 Å². The normalized spacial score (nSPS) is 15.5. The second-order valence-corrected chi connectivity index (χ2v) is 8.18. The van der Waals surface area contributed by atoms with Crippen molar-refractivity contribution in [1.29, 1.82) is 0 Å². The van der Waals surface area contributed by atoms with Gasteiger partial charge in [-0.25, -0.2) is 0 Å². The molecule has 3 rings (SSSR count). The predicted octanol–water partition coefficient (Wildman–Crippen LogP) is 2.95. The lowest BCUT2D eigenvalue weighted by Gasteiger charge is -2.13. The van der Waals surface area contributed by atoms with E-state index in [0.717, 1.165) is 22.7 Å². The average Bonchev–Trinajstić information content (AvgIpc) is 3.22. The molecule has 1 aliphatic heterocycles. The molecule has 1 fully saturated rings. The number of carbonyl (C=O) groups is 2. The molecule has 1 aromatic carbocycles. The van der Waals surface area contributed by atoms with E-state index in [0.29, 0.717) is 14.4 Å². The third kappa shape index (κ3) is 4.71. The van der Waals surface area contributed by atoms with Gasteiger partial charge in [0.2, 0.25) is 11.0 Å². The van der Waals surface area contributed by atoms with Gasteiger partial charge in [-0.05, 0) is 30.2 Å². The number of aryl methyl sites for hydroxylation is 1. The van der Waals surface area contributed by atoms with Gasteiger partial charge < -0.3 is 4.74 Å². The van der Waals surface area contributed by atoms with Crippen LogP contribution in [0.4, 0.5) is 5.13 Å². The number of anilines is 1. The first-order chi connectivity index (χ1) is 13.0. The van der Waals surface area contributed by atoms with E-state index in [4.69, 9.17) is 17.0 Å². The van der Waals surface area contributed by atoms with Crippen LogP contribution in [-0.4, -0.2) is 44.9 Å². The summed E-state index contributed by atoms with van der Waals surface area (Å²) in [5.41, 5.74) is 0.849. The highest BCUT2D eigenvalue weighted by Crippen LogP contribution is 2.32. The van der Waals surface area contributed by atoms with E-state index in [1.54, 1.807) is 13.2 Å². The highest BCUT2D eigenvalue weighted by atomic mass is 32.2. The minimum atomic E-state index is -0.365. The highest BCUT2D eigenvalue weighted by Gasteiger charge is 2.33. The van der Waals surface area contributed by atoms with E-state index >= 15 is 0 Å². The van der Waals surface area contributed by atoms with Crippen LogP contribution in [-0.2, 0) is 16.0 Å². The summed E-state index contributed by atoms with van der Waals surface area (Å²) in [5.74, 6) is 0.0811. The number of benzene rings is 1. The van der Waals surface area contributed by atoms with Crippen LogP contribution in [0.3, 0.4) is 0 Å². The van der Waals surface area contributed by atoms with Gasteiger partial charge in [0.25, 0.3) is 5.91 Å². The zero-order valence-corrected chi connectivity index (χ0v) is 17.0. The number of hydrogen-bond acceptors (Lipinski definition) is 8. The Morgan fingerprint density at radius 1 is 1.33 bits per heavy atom. The minimum absolute atomic E-state index is 0.161. The molecule has 0 saturated carbocycles. The number of amides is 2. The Balaban J connectivity index is 1.66. The molecule has 27 heavy (non-hydrogen) atoms. The first-order valence-electron chi connectivity index (χ1n) is 8.01. The van der Waals surface area contributed by atoms with Crippen LogP contribution in [0.15, 0.2) is 29.2 Å². The van der Waals surface area contributed by atoms with E-state index in [9.17, 15) is 9.59 Å². The summed E-state index contributed by atoms with van der Waals surface area (Å²) in [6.45, 7) is 1.80. The van der Waals surface area contributed by atoms with E-state index in [2.05, 4.69) is 15.5 Å². The zero-order chi connectivity index (χ0) is 19.4. The molecule has 1 N–H and O–H groups in total. The summed E-state index contributed by atoms with van der Waals surface area (Å²) in [6, 6.07) is 7.32. The van der Waals surface area contributed by atoms with Crippen molar-refractivity contribution in [3.05, 3.63) is 39.7 Å². The molecule has 0 spiro atoms. The molecular formula is C17H16N4O3S3. The van der Waals surface area contributed by atoms with Crippen molar-refractivity contribution >= 4 is 62.7 Å². The Morgan fingerprint density at radius 3 is 2.70 bits per heavy atom. The van der Waals surface area contributed by atoms with E-state index in [1.165, 1.54) is 28.0 Å². The standard InChI is InChI=1S/C17H16N4O3S3/c1-3-14-19-20-16(27-14)18-13(22)9-21-15(23)12(26-17(21)25)8-10-4-6-11(24-2)7-5-10/h4-8H,3,9H2,1-2H3,(H,18,20,22). The minimum Gasteiger partial charge on any atom is -0.497 e. The number of thiocarbonyl (C=S) groups is 1. The molecule has 0 unspecified atom stereocenters. The van der Waals surface area contributed by atoms with Crippen molar-refractivity contribution in [2.45, 2.75) is 13.3 Å². The maximum Gasteiger partial charge on any atom is 0.266 e. The number of nitrogens with zero attached hydrogens (tertiary/aromatic N) is 3. The molecule has 1 aliphatic rings. The van der Waals surface area contributed by atoms with Crippen molar-refractivity contribution in [2.75, 3.05) is 19.0 Å². The fraction of sp³-hybridized carbons (Fsp3) is 0.235. The number of thioether (sulfide) groups is 1. The fourth-order valence-corrected chi connectivity index (χ4v) is 4.19. The van der Waals surface area contributed by atoms with Crippen molar-refractivity contribution in [3.8, 4) is 5.75 Å². The number of aromatic nitrogens is 2. The van der Waals surface area contributed by atoms with Gasteiger partial charge >= 0.3 is 0 Å². The smallest absolute Gasteiger partial charge is 0.266 e. The molecule has 10 heteroatoms. The SMILES string of the molecule is CCc1nnc(NC(=O)CN2C(=O)C(=Cc3ccc(OC)cc3)SC2=S)s1. The Morgan fingerprint density at radius 2 is 2.07 bits per heavy atom. The number of hydrogen-bond donors (Lipinski definition) is 1. The number of ether oxygens (including phenoxy) is 1. The van der Waals surface area contributed by atoms with Crippen LogP contribution in [0.25, 0.3) is 6.08 Å². The lowest BCUT2D eigenvalue weighted by Crippen LogP contribution is -2.36. The van der Waals surface area contributed by atoms with Crippen molar-refractivity contribution in [1.82, 2.24) is 15.1 Å². The topological polar surface area (TPSA) is 84.4 Å². The Kier molecular flexibility index (Phi) is 6.19. The Labute approximate surface area is 169 Å². The van der Waals surface area contributed by atoms with Crippen LogP contribution in [0.2, 0.25) is 0 Å². The summed E-state index contributed by atoms with van der Waals surface area (Å²) >= 11 is 7.74. The second kappa shape index (κ2) is 8.59. The van der Waals surface area contributed by atoms with Gasteiger partial charge in [-0.3, -0.25) is 19.8 Å². The molecule has 1 saturated heterocycles. The van der Waals surface area contributed by atoms with Crippen molar-refractivity contribution < 1.29 is 14.3 Å². The summed E-state index contributed by atoms with van der Waals surface area (Å²) in [7, 11) is 1.59. The average molecular weight is 421 g/mol. The zero-order valence-electron chi connectivity index (χ0n) is 14.6. The summed E-state index contributed by atoms with van der Waals surface area (Å²) in [6.07, 6.45) is 2.49. The van der Waals surface area contributed by atoms with E-state index in [1.807, 2.05) is 31.2 Å². The Bertz CT molecular complexity index is 908. The molecule has 0 aliphatic carbocycles. The van der Waals surface area contributed by atoms with Crippen molar-refractivity contribution in [2.24, 2.45) is 0 Å².